The van der Waals surface area contributed by atoms with E-state index in [0.29, 0.717) is 0 Å². The number of nitrogens with one attached hydrogen (secondary N) is 2. The summed E-state index contributed by atoms with van der Waals surface area (Å²) in [6, 6.07) is 11.8. The average molecular weight is 802 g/mol. The lowest BCUT2D eigenvalue weighted by molar-refractivity contribution is 0.101. The molecule has 0 heterocycles. The summed E-state index contributed by atoms with van der Waals surface area (Å²) in [6.07, 6.45) is 0. The molecule has 0 aliphatic rings. The molecule has 50 heavy (non-hydrogen) atoms. The SMILES string of the molecule is O=C(Cl)c1cc(C(=O)Cl)cc(C(=O)Nc2ccc(-c3ccc(NC(=O)c4cc(C(=O)Cl)cc(C(=O)Cl)c4)cc3S(=O)(=O)O)c(S(=O)(=O)O)c2)c1. The highest BCUT2D eigenvalue weighted by Gasteiger charge is 2.25. The maximum atomic E-state index is 13.0. The zero-order valence-corrected chi connectivity index (χ0v) is 28.9. The van der Waals surface area contributed by atoms with Gasteiger partial charge in [-0.15, -0.1) is 0 Å². The first-order chi connectivity index (χ1) is 23.1. The number of hydrogen-bond donors (Lipinski definition) is 4. The van der Waals surface area contributed by atoms with Crippen LogP contribution in [-0.4, -0.2) is 58.7 Å². The van der Waals surface area contributed by atoms with E-state index < -0.39 is 73.9 Å². The van der Waals surface area contributed by atoms with Crippen molar-refractivity contribution in [3.63, 3.8) is 0 Å². The fraction of sp³-hybridized carbons (Fsp3) is 0. The molecule has 0 radical (unpaired) electrons. The van der Waals surface area contributed by atoms with Crippen LogP contribution in [0.2, 0.25) is 0 Å². The van der Waals surface area contributed by atoms with Crippen LogP contribution in [0.15, 0.2) is 82.6 Å². The molecule has 0 bridgehead atoms. The van der Waals surface area contributed by atoms with Gasteiger partial charge in [-0.05, 0) is 107 Å². The van der Waals surface area contributed by atoms with E-state index in [2.05, 4.69) is 10.6 Å². The average Bonchev–Trinajstić information content (AvgIpc) is 3.03. The Kier molecular flexibility index (Phi) is 11.3. The van der Waals surface area contributed by atoms with E-state index in [1.165, 1.54) is 0 Å². The van der Waals surface area contributed by atoms with Gasteiger partial charge in [-0.3, -0.25) is 37.9 Å². The number of amides is 2. The monoisotopic (exact) mass is 800 g/mol. The van der Waals surface area contributed by atoms with E-state index in [1.54, 1.807) is 0 Å². The van der Waals surface area contributed by atoms with Crippen LogP contribution in [0.5, 0.6) is 0 Å². The molecule has 0 aromatic heterocycles. The highest BCUT2D eigenvalue weighted by Crippen LogP contribution is 2.36. The van der Waals surface area contributed by atoms with Gasteiger partial charge in [-0.25, -0.2) is 0 Å². The van der Waals surface area contributed by atoms with E-state index in [9.17, 15) is 54.7 Å². The fourth-order valence-electron chi connectivity index (χ4n) is 4.45. The second kappa shape index (κ2) is 14.8. The van der Waals surface area contributed by atoms with Gasteiger partial charge in [0.2, 0.25) is 0 Å². The number of benzene rings is 4. The van der Waals surface area contributed by atoms with Crippen LogP contribution in [-0.2, 0) is 20.2 Å². The molecule has 0 spiro atoms. The second-order valence-electron chi connectivity index (χ2n) is 9.97. The molecule has 4 aromatic carbocycles. The molecule has 20 heteroatoms. The van der Waals surface area contributed by atoms with Gasteiger partial charge in [0.1, 0.15) is 9.79 Å². The predicted molar refractivity (Wildman–Crippen MR) is 181 cm³/mol. The first-order valence-corrected chi connectivity index (χ1v) is 17.5. The maximum Gasteiger partial charge on any atom is 0.295 e. The van der Waals surface area contributed by atoms with Gasteiger partial charge in [0, 0.05) is 55.9 Å². The summed E-state index contributed by atoms with van der Waals surface area (Å²) in [5.41, 5.74) is -3.17. The van der Waals surface area contributed by atoms with Crippen LogP contribution in [0.25, 0.3) is 11.1 Å². The molecule has 0 saturated carbocycles. The normalized spacial score (nSPS) is 11.4. The summed E-state index contributed by atoms with van der Waals surface area (Å²) in [5, 5.41) is 0.506. The van der Waals surface area contributed by atoms with Crippen molar-refractivity contribution >= 4 is 111 Å². The summed E-state index contributed by atoms with van der Waals surface area (Å²) >= 11 is 21.9. The first-order valence-electron chi connectivity index (χ1n) is 13.1. The van der Waals surface area contributed by atoms with Crippen LogP contribution >= 0.6 is 46.4 Å². The van der Waals surface area contributed by atoms with E-state index in [1.807, 2.05) is 0 Å². The Morgan fingerprint density at radius 3 is 0.940 bits per heavy atom. The minimum atomic E-state index is -5.19. The Hall–Kier alpha value is -4.52. The summed E-state index contributed by atoms with van der Waals surface area (Å²) in [4.78, 5) is 70.7. The van der Waals surface area contributed by atoms with Gasteiger partial charge in [0.05, 0.1) is 0 Å². The zero-order valence-electron chi connectivity index (χ0n) is 24.2. The lowest BCUT2D eigenvalue weighted by atomic mass is 10.0. The van der Waals surface area contributed by atoms with E-state index in [4.69, 9.17) is 46.4 Å². The maximum absolute atomic E-state index is 13.0. The van der Waals surface area contributed by atoms with Crippen LogP contribution in [0.4, 0.5) is 11.4 Å². The van der Waals surface area contributed by atoms with E-state index in [0.717, 1.165) is 72.8 Å². The predicted octanol–water partition coefficient (Wildman–Crippen LogP) is 5.87. The topological polar surface area (TPSA) is 235 Å². The van der Waals surface area contributed by atoms with Gasteiger partial charge in [-0.2, -0.15) is 16.8 Å². The summed E-state index contributed by atoms with van der Waals surface area (Å²) in [6.45, 7) is 0. The summed E-state index contributed by atoms with van der Waals surface area (Å²) in [7, 11) is -10.4. The van der Waals surface area contributed by atoms with E-state index >= 15 is 0 Å². The minimum absolute atomic E-state index is 0.261. The molecule has 4 N–H and O–H groups in total. The Bertz CT molecular complexity index is 2170. The molecule has 258 valence electrons. The molecule has 0 atom stereocenters. The van der Waals surface area contributed by atoms with Crippen LogP contribution in [0.3, 0.4) is 0 Å². The molecular formula is C30H16Cl4N2O12S2. The minimum Gasteiger partial charge on any atom is -0.322 e. The highest BCUT2D eigenvalue weighted by atomic mass is 35.5. The molecule has 2 amide bonds. The molecule has 0 unspecified atom stereocenters. The number of rotatable bonds is 11. The quantitative estimate of drug-likeness (QED) is 0.103. The molecular weight excluding hydrogens is 786 g/mol. The third-order valence-corrected chi connectivity index (χ3v) is 9.28. The molecule has 0 aliphatic heterocycles. The van der Waals surface area contributed by atoms with Crippen molar-refractivity contribution in [2.75, 3.05) is 10.6 Å². The Morgan fingerprint density at radius 2 is 0.700 bits per heavy atom. The van der Waals surface area contributed by atoms with Crippen molar-refractivity contribution < 1.29 is 54.7 Å². The highest BCUT2D eigenvalue weighted by molar-refractivity contribution is 7.86. The Morgan fingerprint density at radius 1 is 0.440 bits per heavy atom. The fourth-order valence-corrected chi connectivity index (χ4v) is 6.35. The lowest BCUT2D eigenvalue weighted by Gasteiger charge is -2.15. The van der Waals surface area contributed by atoms with Crippen molar-refractivity contribution in [2.24, 2.45) is 0 Å². The standard InChI is InChI=1S/C30H16Cl4N2O12S2/c31-25(37)13-5-14(26(32)38)8-17(7-13)29(41)35-19-1-3-21(23(11-19)49(43,44)45)22-4-2-20(12-24(22)50(46,47)48)36-30(42)18-9-15(27(33)39)6-16(10-18)28(34)40/h1-12H,(H,35,41)(H,36,42)(H,43,44,45)(H,46,47,48). The van der Waals surface area contributed by atoms with Gasteiger partial charge in [-0.1, -0.05) is 12.1 Å². The van der Waals surface area contributed by atoms with Crippen molar-refractivity contribution in [3.05, 3.63) is 106 Å². The number of carbonyl (C=O) groups excluding carboxylic acids is 6. The molecule has 0 saturated heterocycles. The largest absolute Gasteiger partial charge is 0.322 e. The number of halogens is 4. The van der Waals surface area contributed by atoms with E-state index in [-0.39, 0.29) is 44.8 Å². The van der Waals surface area contributed by atoms with Gasteiger partial charge < -0.3 is 10.6 Å². The van der Waals surface area contributed by atoms with Crippen molar-refractivity contribution in [2.45, 2.75) is 9.79 Å². The summed E-state index contributed by atoms with van der Waals surface area (Å²) < 4.78 is 69.9. The van der Waals surface area contributed by atoms with Gasteiger partial charge in [0.25, 0.3) is 53.0 Å². The number of carbonyl (C=O) groups is 6. The lowest BCUT2D eigenvalue weighted by Crippen LogP contribution is -2.15. The zero-order chi connectivity index (χ0) is 37.3. The third kappa shape index (κ3) is 8.98. The molecule has 14 nitrogen and oxygen atoms in total. The molecule has 0 fully saturated rings. The second-order valence-corrected chi connectivity index (χ2v) is 14.1. The third-order valence-electron chi connectivity index (χ3n) is 6.62. The molecule has 4 aromatic rings. The summed E-state index contributed by atoms with van der Waals surface area (Å²) in [5.74, 6) is -1.97. The smallest absolute Gasteiger partial charge is 0.295 e. The molecule has 4 rings (SSSR count). The van der Waals surface area contributed by atoms with Crippen molar-refractivity contribution in [1.29, 1.82) is 0 Å². The van der Waals surface area contributed by atoms with Crippen LogP contribution in [0, 0.1) is 0 Å². The van der Waals surface area contributed by atoms with Crippen LogP contribution < -0.4 is 10.6 Å². The Labute approximate surface area is 301 Å². The molecule has 0 aliphatic carbocycles. The Balaban J connectivity index is 1.75. The van der Waals surface area contributed by atoms with Crippen molar-refractivity contribution in [1.82, 2.24) is 0 Å². The number of anilines is 2. The van der Waals surface area contributed by atoms with Gasteiger partial charge >= 0.3 is 0 Å². The van der Waals surface area contributed by atoms with Gasteiger partial charge in [0.15, 0.2) is 0 Å². The van der Waals surface area contributed by atoms with Crippen molar-refractivity contribution in [3.8, 4) is 11.1 Å². The first kappa shape index (κ1) is 38.3. The van der Waals surface area contributed by atoms with Crippen LogP contribution in [0.1, 0.15) is 62.1 Å². The number of hydrogen-bond acceptors (Lipinski definition) is 10.